The summed E-state index contributed by atoms with van der Waals surface area (Å²) < 4.78 is 106. The van der Waals surface area contributed by atoms with Gasteiger partial charge in [-0.15, -0.1) is 0 Å². The van der Waals surface area contributed by atoms with E-state index in [1.54, 1.807) is 52.0 Å². The number of amides is 1. The monoisotopic (exact) mass is 591 g/mol. The zero-order valence-corrected chi connectivity index (χ0v) is 22.8. The summed E-state index contributed by atoms with van der Waals surface area (Å²) in [6.07, 6.45) is -10.8. The molecule has 0 aromatic heterocycles. The van der Waals surface area contributed by atoms with Gasteiger partial charge in [-0.1, -0.05) is 32.9 Å². The molecule has 0 aliphatic rings. The van der Waals surface area contributed by atoms with E-state index in [4.69, 9.17) is 14.2 Å². The highest BCUT2D eigenvalue weighted by Gasteiger charge is 2.72. The zero-order chi connectivity index (χ0) is 30.8. The van der Waals surface area contributed by atoms with Crippen molar-refractivity contribution in [3.8, 4) is 5.75 Å². The minimum Gasteiger partial charge on any atom is -0.492 e. The highest BCUT2D eigenvalue weighted by molar-refractivity contribution is 5.72. The number of hydrogen-bond acceptors (Lipinski definition) is 5. The van der Waals surface area contributed by atoms with Crippen molar-refractivity contribution in [3.63, 3.8) is 0 Å². The summed E-state index contributed by atoms with van der Waals surface area (Å²) in [7, 11) is 0. The van der Waals surface area contributed by atoms with Crippen molar-refractivity contribution in [3.05, 3.63) is 29.8 Å². The lowest BCUT2D eigenvalue weighted by atomic mass is 9.99. The topological polar surface area (TPSA) is 85.3 Å². The van der Waals surface area contributed by atoms with Crippen LogP contribution in [-0.2, 0) is 20.7 Å². The average molecular weight is 592 g/mol. The van der Waals surface area contributed by atoms with E-state index in [0.717, 1.165) is 4.90 Å². The molecule has 0 radical (unpaired) electrons. The molecule has 1 N–H and O–H groups in total. The van der Waals surface area contributed by atoms with Crippen LogP contribution in [0.1, 0.15) is 52.5 Å². The Hall–Kier alpha value is -2.77. The summed E-state index contributed by atoms with van der Waals surface area (Å²) in [5.74, 6) is -12.2. The summed E-state index contributed by atoms with van der Waals surface area (Å²) in [5.41, 5.74) is 0.278. The second-order valence-electron chi connectivity index (χ2n) is 10.3. The number of ether oxygens (including phenoxy) is 3. The number of carbonyl (C=O) groups excluding carboxylic acids is 1. The molecule has 1 unspecified atom stereocenters. The van der Waals surface area contributed by atoms with Crippen LogP contribution in [0.5, 0.6) is 5.75 Å². The molecular weight excluding hydrogens is 555 g/mol. The number of carboxylic acid groups (broad SMARTS) is 1. The summed E-state index contributed by atoms with van der Waals surface area (Å²) in [6.45, 7) is 6.90. The number of unbranched alkanes of at least 4 members (excludes halogenated alkanes) is 1. The Bertz CT molecular complexity index is 933. The van der Waals surface area contributed by atoms with E-state index < -0.39 is 54.4 Å². The van der Waals surface area contributed by atoms with Crippen molar-refractivity contribution in [2.24, 2.45) is 5.41 Å². The maximum atomic E-state index is 13.6. The van der Waals surface area contributed by atoms with Gasteiger partial charge in [0.15, 0.2) is 6.10 Å². The van der Waals surface area contributed by atoms with E-state index in [9.17, 15) is 45.4 Å². The average Bonchev–Trinajstić information content (AvgIpc) is 2.83. The molecule has 1 amide bonds. The van der Waals surface area contributed by atoms with Gasteiger partial charge in [-0.2, -0.15) is 30.7 Å². The van der Waals surface area contributed by atoms with Crippen molar-refractivity contribution < 1.29 is 59.6 Å². The molecule has 0 aliphatic carbocycles. The van der Waals surface area contributed by atoms with Gasteiger partial charge in [0, 0.05) is 26.0 Å². The molecule has 0 saturated carbocycles. The lowest BCUT2D eigenvalue weighted by Crippen LogP contribution is -2.51. The maximum absolute atomic E-state index is 13.6. The Morgan fingerprint density at radius 2 is 1.55 bits per heavy atom. The molecule has 0 fully saturated rings. The molecule has 230 valence electrons. The molecule has 1 aromatic carbocycles. The van der Waals surface area contributed by atoms with Crippen molar-refractivity contribution in [1.29, 1.82) is 0 Å². The van der Waals surface area contributed by atoms with Gasteiger partial charge in [-0.25, -0.2) is 9.59 Å². The van der Waals surface area contributed by atoms with Gasteiger partial charge in [0.2, 0.25) is 0 Å². The molecule has 0 bridgehead atoms. The summed E-state index contributed by atoms with van der Waals surface area (Å²) in [5, 5.41) is 9.19. The number of aliphatic carboxylic acids is 1. The second kappa shape index (κ2) is 14.7. The second-order valence-corrected chi connectivity index (χ2v) is 10.3. The first kappa shape index (κ1) is 35.3. The molecule has 0 saturated heterocycles. The fourth-order valence-corrected chi connectivity index (χ4v) is 3.31. The number of rotatable bonds is 16. The number of hydrogen-bond donors (Lipinski definition) is 1. The van der Waals surface area contributed by atoms with Crippen LogP contribution in [0.2, 0.25) is 0 Å². The lowest BCUT2D eigenvalue weighted by Gasteiger charge is -2.28. The quantitative estimate of drug-likeness (QED) is 0.173. The summed E-state index contributed by atoms with van der Waals surface area (Å²) >= 11 is 0. The molecule has 7 nitrogen and oxygen atoms in total. The highest BCUT2D eigenvalue weighted by atomic mass is 19.4. The standard InChI is InChI=1S/C26H36F7NO6/c1-5-38-20(21(35)36)16-18-8-10-19(11-9-18)39-15-14-34(22(37)40-17-23(2,3)4)13-7-6-12-24(27,28)25(29,30)26(31,32)33/h8-11,20H,5-7,12-17H2,1-4H3,(H,35,36). The van der Waals surface area contributed by atoms with Gasteiger partial charge in [-0.3, -0.25) is 0 Å². The van der Waals surface area contributed by atoms with Crippen molar-refractivity contribution >= 4 is 12.1 Å². The Labute approximate surface area is 228 Å². The lowest BCUT2D eigenvalue weighted by molar-refractivity contribution is -0.355. The first-order valence-corrected chi connectivity index (χ1v) is 12.6. The van der Waals surface area contributed by atoms with Crippen LogP contribution in [0, 0.1) is 5.41 Å². The van der Waals surface area contributed by atoms with Crippen molar-refractivity contribution in [2.45, 2.75) is 77.5 Å². The predicted molar refractivity (Wildman–Crippen MR) is 131 cm³/mol. The number of carboxylic acids is 1. The Morgan fingerprint density at radius 1 is 0.950 bits per heavy atom. The number of carbonyl (C=O) groups is 2. The van der Waals surface area contributed by atoms with Crippen LogP contribution >= 0.6 is 0 Å². The van der Waals surface area contributed by atoms with Gasteiger partial charge in [0.05, 0.1) is 13.2 Å². The van der Waals surface area contributed by atoms with E-state index >= 15 is 0 Å². The zero-order valence-electron chi connectivity index (χ0n) is 22.8. The van der Waals surface area contributed by atoms with E-state index in [-0.39, 0.29) is 45.8 Å². The third-order valence-electron chi connectivity index (χ3n) is 5.49. The number of nitrogens with zero attached hydrogens (tertiary/aromatic N) is 1. The van der Waals surface area contributed by atoms with Crippen LogP contribution in [0.25, 0.3) is 0 Å². The van der Waals surface area contributed by atoms with Crippen LogP contribution < -0.4 is 4.74 Å². The molecule has 0 heterocycles. The van der Waals surface area contributed by atoms with Crippen molar-refractivity contribution in [1.82, 2.24) is 4.90 Å². The Balaban J connectivity index is 2.74. The van der Waals surface area contributed by atoms with E-state index in [1.165, 1.54) is 0 Å². The number of benzene rings is 1. The van der Waals surface area contributed by atoms with Gasteiger partial charge < -0.3 is 24.2 Å². The first-order valence-electron chi connectivity index (χ1n) is 12.6. The fourth-order valence-electron chi connectivity index (χ4n) is 3.31. The van der Waals surface area contributed by atoms with Gasteiger partial charge >= 0.3 is 30.1 Å². The molecule has 1 atom stereocenters. The largest absolute Gasteiger partial charge is 0.492 e. The molecule has 40 heavy (non-hydrogen) atoms. The van der Waals surface area contributed by atoms with Crippen LogP contribution in [-0.4, -0.2) is 79.1 Å². The van der Waals surface area contributed by atoms with Gasteiger partial charge in [0.25, 0.3) is 0 Å². The third kappa shape index (κ3) is 11.4. The third-order valence-corrected chi connectivity index (χ3v) is 5.49. The van der Waals surface area contributed by atoms with Gasteiger partial charge in [0.1, 0.15) is 12.4 Å². The van der Waals surface area contributed by atoms with E-state index in [1.807, 2.05) is 0 Å². The Kier molecular flexibility index (Phi) is 13.0. The van der Waals surface area contributed by atoms with Crippen LogP contribution in [0.3, 0.4) is 0 Å². The molecule has 1 rings (SSSR count). The van der Waals surface area contributed by atoms with Crippen molar-refractivity contribution in [2.75, 3.05) is 32.9 Å². The minimum absolute atomic E-state index is 0.0135. The smallest absolute Gasteiger partial charge is 0.459 e. The molecule has 1 aromatic rings. The van der Waals surface area contributed by atoms with E-state index in [0.29, 0.717) is 11.3 Å². The molecule has 14 heteroatoms. The number of halogens is 7. The summed E-state index contributed by atoms with van der Waals surface area (Å²) in [6, 6.07) is 6.42. The highest BCUT2D eigenvalue weighted by Crippen LogP contribution is 2.48. The molecule has 0 spiro atoms. The predicted octanol–water partition coefficient (Wildman–Crippen LogP) is 6.59. The maximum Gasteiger partial charge on any atom is 0.459 e. The van der Waals surface area contributed by atoms with Crippen LogP contribution in [0.4, 0.5) is 35.5 Å². The van der Waals surface area contributed by atoms with Crippen LogP contribution in [0.15, 0.2) is 24.3 Å². The van der Waals surface area contributed by atoms with E-state index in [2.05, 4.69) is 0 Å². The fraction of sp³-hybridized carbons (Fsp3) is 0.692. The molecular formula is C26H36F7NO6. The van der Waals surface area contributed by atoms with Gasteiger partial charge in [-0.05, 0) is 42.9 Å². The Morgan fingerprint density at radius 3 is 2.05 bits per heavy atom. The summed E-state index contributed by atoms with van der Waals surface area (Å²) in [4.78, 5) is 24.9. The first-order chi connectivity index (χ1) is 18.3. The SMILES string of the molecule is CCOC(Cc1ccc(OCCN(CCCCC(F)(F)C(F)(F)C(F)(F)F)C(=O)OCC(C)(C)C)cc1)C(=O)O. The molecule has 0 aliphatic heterocycles. The number of alkyl halides is 7. The minimum atomic E-state index is -6.39. The normalized spacial score (nSPS) is 13.6.